The van der Waals surface area contributed by atoms with Gasteiger partial charge in [-0.25, -0.2) is 0 Å². The number of hydrogen-bond acceptors (Lipinski definition) is 3. The summed E-state index contributed by atoms with van der Waals surface area (Å²) in [7, 11) is 1.67. The van der Waals surface area contributed by atoms with Gasteiger partial charge >= 0.3 is 0 Å². The Labute approximate surface area is 108 Å². The van der Waals surface area contributed by atoms with Gasteiger partial charge in [0.25, 0.3) is 0 Å². The van der Waals surface area contributed by atoms with Crippen molar-refractivity contribution in [1.29, 1.82) is 0 Å². The van der Waals surface area contributed by atoms with E-state index in [1.165, 1.54) is 11.0 Å². The Morgan fingerprint density at radius 1 is 1.50 bits per heavy atom. The third-order valence-corrected chi connectivity index (χ3v) is 2.95. The summed E-state index contributed by atoms with van der Waals surface area (Å²) in [6.07, 6.45) is 3.19. The Balaban J connectivity index is 2.76. The normalized spacial score (nSPS) is 11.8. The average Bonchev–Trinajstić information content (AvgIpc) is 2.35. The summed E-state index contributed by atoms with van der Waals surface area (Å²) in [4.78, 5) is 13.4. The van der Waals surface area contributed by atoms with Crippen molar-refractivity contribution in [1.82, 2.24) is 4.90 Å². The molecular formula is C14H20N2O2. The molecule has 3 N–H and O–H groups in total. The van der Waals surface area contributed by atoms with Gasteiger partial charge in [0.1, 0.15) is 0 Å². The van der Waals surface area contributed by atoms with Crippen LogP contribution < -0.4 is 5.73 Å². The van der Waals surface area contributed by atoms with Crippen LogP contribution in [-0.2, 0) is 4.79 Å². The molecule has 98 valence electrons. The molecule has 0 aliphatic heterocycles. The maximum atomic E-state index is 11.9. The number of rotatable bonds is 4. The van der Waals surface area contributed by atoms with Crippen LogP contribution in [0.4, 0.5) is 5.69 Å². The Hall–Kier alpha value is -1.81. The van der Waals surface area contributed by atoms with Crippen LogP contribution in [0.3, 0.4) is 0 Å². The van der Waals surface area contributed by atoms with E-state index in [4.69, 9.17) is 5.73 Å². The molecule has 0 atom stereocenters. The molecule has 0 fully saturated rings. The van der Waals surface area contributed by atoms with Crippen LogP contribution in [0.2, 0.25) is 0 Å². The summed E-state index contributed by atoms with van der Waals surface area (Å²) in [5.74, 6) is -0.156. The van der Waals surface area contributed by atoms with Crippen molar-refractivity contribution < 1.29 is 9.90 Å². The fraction of sp³-hybridized carbons (Fsp3) is 0.357. The summed E-state index contributed by atoms with van der Waals surface area (Å²) in [5, 5.41) is 9.20. The van der Waals surface area contributed by atoms with E-state index in [0.717, 1.165) is 5.56 Å². The van der Waals surface area contributed by atoms with Crippen molar-refractivity contribution in [3.63, 3.8) is 0 Å². The van der Waals surface area contributed by atoms with Gasteiger partial charge in [-0.3, -0.25) is 4.79 Å². The minimum absolute atomic E-state index is 0.0820. The van der Waals surface area contributed by atoms with Crippen molar-refractivity contribution in [2.24, 2.45) is 0 Å². The molecule has 4 heteroatoms. The molecule has 0 bridgehead atoms. The van der Waals surface area contributed by atoms with Gasteiger partial charge in [-0.1, -0.05) is 12.1 Å². The first-order valence-corrected chi connectivity index (χ1v) is 5.79. The lowest BCUT2D eigenvalue weighted by Crippen LogP contribution is -2.47. The number of aliphatic hydroxyl groups excluding tert-OH is 1. The Morgan fingerprint density at radius 2 is 2.17 bits per heavy atom. The van der Waals surface area contributed by atoms with E-state index in [1.807, 2.05) is 12.1 Å². The number of hydrogen-bond donors (Lipinski definition) is 2. The van der Waals surface area contributed by atoms with Crippen LogP contribution in [0.15, 0.2) is 30.3 Å². The van der Waals surface area contributed by atoms with Crippen LogP contribution in [-0.4, -0.2) is 35.1 Å². The highest BCUT2D eigenvalue weighted by molar-refractivity contribution is 5.92. The molecular weight excluding hydrogens is 228 g/mol. The number of aliphatic hydroxyl groups is 1. The molecule has 0 saturated heterocycles. The second-order valence-corrected chi connectivity index (χ2v) is 4.87. The molecule has 0 aliphatic rings. The van der Waals surface area contributed by atoms with Crippen molar-refractivity contribution >= 4 is 17.7 Å². The predicted molar refractivity (Wildman–Crippen MR) is 73.8 cm³/mol. The molecule has 1 aromatic rings. The fourth-order valence-electron chi connectivity index (χ4n) is 1.35. The maximum absolute atomic E-state index is 11.9. The van der Waals surface area contributed by atoms with Gasteiger partial charge in [0.15, 0.2) is 0 Å². The van der Waals surface area contributed by atoms with E-state index >= 15 is 0 Å². The molecule has 0 spiro atoms. The van der Waals surface area contributed by atoms with Gasteiger partial charge in [-0.15, -0.1) is 0 Å². The minimum Gasteiger partial charge on any atom is -0.399 e. The van der Waals surface area contributed by atoms with E-state index in [-0.39, 0.29) is 12.5 Å². The Bertz CT molecular complexity index is 453. The molecule has 4 nitrogen and oxygen atoms in total. The molecule has 18 heavy (non-hydrogen) atoms. The quantitative estimate of drug-likeness (QED) is 0.627. The Kier molecular flexibility index (Phi) is 4.50. The van der Waals surface area contributed by atoms with E-state index in [9.17, 15) is 9.90 Å². The summed E-state index contributed by atoms with van der Waals surface area (Å²) in [5.41, 5.74) is 6.62. The van der Waals surface area contributed by atoms with Gasteiger partial charge < -0.3 is 15.7 Å². The van der Waals surface area contributed by atoms with Gasteiger partial charge in [0.05, 0.1) is 12.1 Å². The average molecular weight is 248 g/mol. The number of carbonyl (C=O) groups excluding carboxylic acids is 1. The van der Waals surface area contributed by atoms with Gasteiger partial charge in [-0.05, 0) is 37.6 Å². The van der Waals surface area contributed by atoms with Gasteiger partial charge in [0.2, 0.25) is 5.91 Å². The molecule has 0 aromatic heterocycles. The van der Waals surface area contributed by atoms with Crippen molar-refractivity contribution in [2.45, 2.75) is 19.4 Å². The molecule has 0 radical (unpaired) electrons. The molecule has 0 heterocycles. The first-order chi connectivity index (χ1) is 8.36. The molecule has 0 aliphatic carbocycles. The van der Waals surface area contributed by atoms with Gasteiger partial charge in [0, 0.05) is 18.8 Å². The predicted octanol–water partition coefficient (Wildman–Crippen LogP) is 1.51. The van der Waals surface area contributed by atoms with Crippen molar-refractivity contribution in [3.8, 4) is 0 Å². The molecule has 0 unspecified atom stereocenters. The van der Waals surface area contributed by atoms with Gasteiger partial charge in [-0.2, -0.15) is 0 Å². The molecule has 1 aromatic carbocycles. The summed E-state index contributed by atoms with van der Waals surface area (Å²) in [6.45, 7) is 3.53. The van der Waals surface area contributed by atoms with Crippen LogP contribution in [0, 0.1) is 0 Å². The summed E-state index contributed by atoms with van der Waals surface area (Å²) >= 11 is 0. The number of anilines is 1. The SMILES string of the molecule is CN(C(=O)/C=C/c1cccc(N)c1)C(C)(C)CO. The second-order valence-electron chi connectivity index (χ2n) is 4.87. The highest BCUT2D eigenvalue weighted by atomic mass is 16.3. The highest BCUT2D eigenvalue weighted by Gasteiger charge is 2.25. The Morgan fingerprint density at radius 3 is 2.72 bits per heavy atom. The zero-order chi connectivity index (χ0) is 13.8. The number of nitrogens with zero attached hydrogens (tertiary/aromatic N) is 1. The third kappa shape index (κ3) is 3.60. The molecule has 0 saturated carbocycles. The smallest absolute Gasteiger partial charge is 0.246 e. The number of nitrogens with two attached hydrogens (primary N) is 1. The minimum atomic E-state index is -0.572. The van der Waals surface area contributed by atoms with E-state index in [2.05, 4.69) is 0 Å². The number of carbonyl (C=O) groups is 1. The van der Waals surface area contributed by atoms with Crippen LogP contribution in [0.25, 0.3) is 6.08 Å². The topological polar surface area (TPSA) is 66.6 Å². The molecule has 1 amide bonds. The lowest BCUT2D eigenvalue weighted by molar-refractivity contribution is -0.130. The largest absolute Gasteiger partial charge is 0.399 e. The highest BCUT2D eigenvalue weighted by Crippen LogP contribution is 2.13. The van der Waals surface area contributed by atoms with E-state index < -0.39 is 5.54 Å². The van der Waals surface area contributed by atoms with E-state index in [1.54, 1.807) is 39.1 Å². The van der Waals surface area contributed by atoms with Crippen molar-refractivity contribution in [3.05, 3.63) is 35.9 Å². The number of nitrogen functional groups attached to an aromatic ring is 1. The third-order valence-electron chi connectivity index (χ3n) is 2.95. The van der Waals surface area contributed by atoms with Crippen LogP contribution in [0.5, 0.6) is 0 Å². The number of likely N-dealkylation sites (N-methyl/N-ethyl adjacent to an activating group) is 1. The summed E-state index contributed by atoms with van der Waals surface area (Å²) in [6, 6.07) is 7.29. The zero-order valence-corrected chi connectivity index (χ0v) is 11.1. The summed E-state index contributed by atoms with van der Waals surface area (Å²) < 4.78 is 0. The first kappa shape index (κ1) is 14.3. The van der Waals surface area contributed by atoms with E-state index in [0.29, 0.717) is 5.69 Å². The number of amides is 1. The standard InChI is InChI=1S/C14H20N2O2/c1-14(2,10-17)16(3)13(18)8-7-11-5-4-6-12(15)9-11/h4-9,17H,10,15H2,1-3H3/b8-7+. The monoisotopic (exact) mass is 248 g/mol. The van der Waals surface area contributed by atoms with Crippen molar-refractivity contribution in [2.75, 3.05) is 19.4 Å². The zero-order valence-electron chi connectivity index (χ0n) is 11.1. The maximum Gasteiger partial charge on any atom is 0.246 e. The lowest BCUT2D eigenvalue weighted by Gasteiger charge is -2.33. The number of benzene rings is 1. The lowest BCUT2D eigenvalue weighted by atomic mass is 10.1. The second kappa shape index (κ2) is 5.69. The van der Waals surface area contributed by atoms with Crippen LogP contribution in [0.1, 0.15) is 19.4 Å². The molecule has 1 rings (SSSR count). The first-order valence-electron chi connectivity index (χ1n) is 5.79. The fourth-order valence-corrected chi connectivity index (χ4v) is 1.35. The van der Waals surface area contributed by atoms with Crippen LogP contribution >= 0.6 is 0 Å².